The molecule has 0 bridgehead atoms. The van der Waals surface area contributed by atoms with Gasteiger partial charge in [-0.3, -0.25) is 9.59 Å². The zero-order valence-corrected chi connectivity index (χ0v) is 13.6. The Labute approximate surface area is 136 Å². The number of pyridine rings is 1. The van der Waals surface area contributed by atoms with E-state index in [1.165, 1.54) is 0 Å². The van der Waals surface area contributed by atoms with Crippen LogP contribution < -0.4 is 10.6 Å². The van der Waals surface area contributed by atoms with Crippen LogP contribution in [0, 0.1) is 0 Å². The summed E-state index contributed by atoms with van der Waals surface area (Å²) in [5, 5.41) is 5.62. The lowest BCUT2D eigenvalue weighted by molar-refractivity contribution is 0.0914. The van der Waals surface area contributed by atoms with Crippen LogP contribution in [0.2, 0.25) is 0 Å². The molecule has 1 heterocycles. The van der Waals surface area contributed by atoms with Gasteiger partial charge in [-0.05, 0) is 38.5 Å². The van der Waals surface area contributed by atoms with Crippen LogP contribution in [0.3, 0.4) is 0 Å². The number of carbonyl (C=O) groups is 2. The standard InChI is InChI=1S/C18H21N3O2/c1-18(2,3)21-17(23)15-11-7-10-14(20-15)16(22)19-12-13-8-5-4-6-9-13/h4-11H,12H2,1-3H3,(H,19,22)(H,21,23). The molecular weight excluding hydrogens is 290 g/mol. The van der Waals surface area contributed by atoms with Crippen molar-refractivity contribution in [2.24, 2.45) is 0 Å². The topological polar surface area (TPSA) is 71.1 Å². The third-order valence-corrected chi connectivity index (χ3v) is 3.00. The van der Waals surface area contributed by atoms with Gasteiger partial charge in [0.05, 0.1) is 0 Å². The SMILES string of the molecule is CC(C)(C)NC(=O)c1cccc(C(=O)NCc2ccccc2)n1. The van der Waals surface area contributed by atoms with Crippen LogP contribution in [-0.2, 0) is 6.54 Å². The number of carbonyl (C=O) groups excluding carboxylic acids is 2. The summed E-state index contributed by atoms with van der Waals surface area (Å²) in [6.45, 7) is 6.09. The summed E-state index contributed by atoms with van der Waals surface area (Å²) in [5.74, 6) is -0.602. The smallest absolute Gasteiger partial charge is 0.270 e. The average molecular weight is 311 g/mol. The van der Waals surface area contributed by atoms with Gasteiger partial charge in [0.15, 0.2) is 0 Å². The van der Waals surface area contributed by atoms with Gasteiger partial charge < -0.3 is 10.6 Å². The minimum atomic E-state index is -0.357. The molecule has 2 amide bonds. The van der Waals surface area contributed by atoms with Gasteiger partial charge in [-0.25, -0.2) is 4.98 Å². The summed E-state index contributed by atoms with van der Waals surface area (Å²) < 4.78 is 0. The maximum absolute atomic E-state index is 12.2. The van der Waals surface area contributed by atoms with Gasteiger partial charge in [0.25, 0.3) is 11.8 Å². The number of hydrogen-bond donors (Lipinski definition) is 2. The van der Waals surface area contributed by atoms with E-state index in [1.807, 2.05) is 51.1 Å². The summed E-state index contributed by atoms with van der Waals surface area (Å²) in [5.41, 5.74) is 1.10. The van der Waals surface area contributed by atoms with Gasteiger partial charge in [-0.2, -0.15) is 0 Å². The lowest BCUT2D eigenvalue weighted by Gasteiger charge is -2.20. The Morgan fingerprint density at radius 3 is 2.13 bits per heavy atom. The molecule has 0 aliphatic heterocycles. The lowest BCUT2D eigenvalue weighted by Crippen LogP contribution is -2.41. The number of aromatic nitrogens is 1. The predicted octanol–water partition coefficient (Wildman–Crippen LogP) is 2.54. The van der Waals surface area contributed by atoms with Crippen molar-refractivity contribution in [3.05, 3.63) is 65.5 Å². The molecule has 2 aromatic rings. The highest BCUT2D eigenvalue weighted by molar-refractivity contribution is 5.96. The second kappa shape index (κ2) is 7.05. The molecule has 5 heteroatoms. The molecule has 23 heavy (non-hydrogen) atoms. The maximum atomic E-state index is 12.2. The van der Waals surface area contributed by atoms with Crippen molar-refractivity contribution in [3.63, 3.8) is 0 Å². The fraction of sp³-hybridized carbons (Fsp3) is 0.278. The Balaban J connectivity index is 2.04. The molecule has 120 valence electrons. The number of nitrogens with one attached hydrogen (secondary N) is 2. The van der Waals surface area contributed by atoms with E-state index in [9.17, 15) is 9.59 Å². The number of hydrogen-bond acceptors (Lipinski definition) is 3. The number of benzene rings is 1. The molecule has 0 saturated heterocycles. The fourth-order valence-electron chi connectivity index (χ4n) is 1.96. The first-order valence-corrected chi connectivity index (χ1v) is 7.47. The maximum Gasteiger partial charge on any atom is 0.270 e. The van der Waals surface area contributed by atoms with Crippen molar-refractivity contribution < 1.29 is 9.59 Å². The first-order valence-electron chi connectivity index (χ1n) is 7.47. The zero-order chi connectivity index (χ0) is 16.9. The Morgan fingerprint density at radius 2 is 1.52 bits per heavy atom. The van der Waals surface area contributed by atoms with Gasteiger partial charge >= 0.3 is 0 Å². The number of rotatable bonds is 4. The molecule has 0 radical (unpaired) electrons. The molecule has 0 atom stereocenters. The quantitative estimate of drug-likeness (QED) is 0.911. The summed E-state index contributed by atoms with van der Waals surface area (Å²) in [6, 6.07) is 14.5. The minimum Gasteiger partial charge on any atom is -0.347 e. The fourth-order valence-corrected chi connectivity index (χ4v) is 1.96. The summed E-state index contributed by atoms with van der Waals surface area (Å²) >= 11 is 0. The van der Waals surface area contributed by atoms with Crippen LogP contribution in [0.4, 0.5) is 0 Å². The summed E-state index contributed by atoms with van der Waals surface area (Å²) in [6.07, 6.45) is 0. The van der Waals surface area contributed by atoms with Crippen molar-refractivity contribution in [1.82, 2.24) is 15.6 Å². The highest BCUT2D eigenvalue weighted by atomic mass is 16.2. The molecule has 1 aromatic carbocycles. The van der Waals surface area contributed by atoms with E-state index in [4.69, 9.17) is 0 Å². The van der Waals surface area contributed by atoms with Crippen LogP contribution in [0.5, 0.6) is 0 Å². The van der Waals surface area contributed by atoms with Gasteiger partial charge in [0, 0.05) is 12.1 Å². The lowest BCUT2D eigenvalue weighted by atomic mass is 10.1. The molecule has 5 nitrogen and oxygen atoms in total. The minimum absolute atomic E-state index is 0.225. The van der Waals surface area contributed by atoms with E-state index in [0.717, 1.165) is 5.56 Å². The Kier molecular flexibility index (Phi) is 5.11. The second-order valence-electron chi connectivity index (χ2n) is 6.28. The summed E-state index contributed by atoms with van der Waals surface area (Å²) in [7, 11) is 0. The van der Waals surface area contributed by atoms with Crippen molar-refractivity contribution in [2.45, 2.75) is 32.9 Å². The molecule has 0 spiro atoms. The predicted molar refractivity (Wildman–Crippen MR) is 89.1 cm³/mol. The van der Waals surface area contributed by atoms with E-state index in [1.54, 1.807) is 18.2 Å². The van der Waals surface area contributed by atoms with Crippen LogP contribution in [0.1, 0.15) is 47.3 Å². The molecular formula is C18H21N3O2. The van der Waals surface area contributed by atoms with Crippen LogP contribution in [0.15, 0.2) is 48.5 Å². The van der Waals surface area contributed by atoms with Gasteiger partial charge in [-0.15, -0.1) is 0 Å². The molecule has 2 rings (SSSR count). The molecule has 0 saturated carbocycles. The highest BCUT2D eigenvalue weighted by Gasteiger charge is 2.17. The first kappa shape index (κ1) is 16.7. The van der Waals surface area contributed by atoms with Crippen LogP contribution in [-0.4, -0.2) is 22.3 Å². The Hall–Kier alpha value is -2.69. The molecule has 0 aliphatic carbocycles. The molecule has 0 aliphatic rings. The number of nitrogens with zero attached hydrogens (tertiary/aromatic N) is 1. The van der Waals surface area contributed by atoms with Gasteiger partial charge in [0.1, 0.15) is 11.4 Å². The normalized spacial score (nSPS) is 10.9. The van der Waals surface area contributed by atoms with Crippen molar-refractivity contribution in [1.29, 1.82) is 0 Å². The van der Waals surface area contributed by atoms with Crippen molar-refractivity contribution in [2.75, 3.05) is 0 Å². The largest absolute Gasteiger partial charge is 0.347 e. The first-order chi connectivity index (χ1) is 10.8. The average Bonchev–Trinajstić information content (AvgIpc) is 2.52. The molecule has 0 fully saturated rings. The third-order valence-electron chi connectivity index (χ3n) is 3.00. The summed E-state index contributed by atoms with van der Waals surface area (Å²) in [4.78, 5) is 28.4. The molecule has 0 unspecified atom stereocenters. The van der Waals surface area contributed by atoms with E-state index in [2.05, 4.69) is 15.6 Å². The van der Waals surface area contributed by atoms with E-state index < -0.39 is 0 Å². The van der Waals surface area contributed by atoms with Crippen LogP contribution in [0.25, 0.3) is 0 Å². The molecule has 1 aromatic heterocycles. The van der Waals surface area contributed by atoms with Gasteiger partial charge in [-0.1, -0.05) is 36.4 Å². The molecule has 2 N–H and O–H groups in total. The van der Waals surface area contributed by atoms with E-state index in [-0.39, 0.29) is 28.7 Å². The highest BCUT2D eigenvalue weighted by Crippen LogP contribution is 2.05. The van der Waals surface area contributed by atoms with Crippen molar-refractivity contribution >= 4 is 11.8 Å². The van der Waals surface area contributed by atoms with Gasteiger partial charge in [0.2, 0.25) is 0 Å². The Bertz CT molecular complexity index is 691. The van der Waals surface area contributed by atoms with Crippen molar-refractivity contribution in [3.8, 4) is 0 Å². The Morgan fingerprint density at radius 1 is 0.913 bits per heavy atom. The zero-order valence-electron chi connectivity index (χ0n) is 13.6. The third kappa shape index (κ3) is 5.21. The van der Waals surface area contributed by atoms with Crippen LogP contribution >= 0.6 is 0 Å². The second-order valence-corrected chi connectivity index (χ2v) is 6.28. The van der Waals surface area contributed by atoms with E-state index >= 15 is 0 Å². The number of amides is 2. The monoisotopic (exact) mass is 311 g/mol. The van der Waals surface area contributed by atoms with E-state index in [0.29, 0.717) is 6.54 Å².